The average molecular weight is 253 g/mol. The third-order valence-corrected chi connectivity index (χ3v) is 4.05. The first-order valence-corrected chi connectivity index (χ1v) is 7.19. The smallest absolute Gasteiger partial charge is 0.231 e. The van der Waals surface area contributed by atoms with E-state index in [1.54, 1.807) is 0 Å². The van der Waals surface area contributed by atoms with Crippen LogP contribution in [0.1, 0.15) is 31.2 Å². The lowest BCUT2D eigenvalue weighted by Gasteiger charge is -2.28. The van der Waals surface area contributed by atoms with Crippen molar-refractivity contribution in [3.05, 3.63) is 35.9 Å². The minimum atomic E-state index is -1.90. The normalized spacial score (nSPS) is 20.3. The number of hydrogen-bond donors (Lipinski definition) is 2. The highest BCUT2D eigenvalue weighted by Crippen LogP contribution is 2.40. The van der Waals surface area contributed by atoms with E-state index in [1.807, 2.05) is 6.07 Å². The molecule has 0 saturated heterocycles. The molecule has 2 N–H and O–H groups in total. The van der Waals surface area contributed by atoms with Crippen LogP contribution in [0, 0.1) is 5.41 Å². The van der Waals surface area contributed by atoms with Crippen molar-refractivity contribution in [1.82, 2.24) is 4.72 Å². The summed E-state index contributed by atoms with van der Waals surface area (Å²) in [4.78, 5) is 0. The summed E-state index contributed by atoms with van der Waals surface area (Å²) in [6.45, 7) is 0.630. The van der Waals surface area contributed by atoms with E-state index in [9.17, 15) is 4.21 Å². The summed E-state index contributed by atoms with van der Waals surface area (Å²) in [7, 11) is 0. The van der Waals surface area contributed by atoms with E-state index in [1.165, 1.54) is 18.4 Å². The van der Waals surface area contributed by atoms with Gasteiger partial charge in [0.2, 0.25) is 11.3 Å². The lowest BCUT2D eigenvalue weighted by molar-refractivity contribution is 0.294. The zero-order chi connectivity index (χ0) is 12.1. The van der Waals surface area contributed by atoms with Crippen LogP contribution >= 0.6 is 0 Å². The van der Waals surface area contributed by atoms with Crippen LogP contribution in [0.15, 0.2) is 30.3 Å². The predicted octanol–water partition coefficient (Wildman–Crippen LogP) is 2.52. The Kier molecular flexibility index (Phi) is 4.31. The molecule has 1 aromatic rings. The Labute approximate surface area is 105 Å². The molecule has 3 nitrogen and oxygen atoms in total. The molecule has 0 bridgehead atoms. The van der Waals surface area contributed by atoms with E-state index in [0.29, 0.717) is 6.54 Å². The fraction of sp³-hybridized carbons (Fsp3) is 0.538. The first-order chi connectivity index (χ1) is 8.20. The van der Waals surface area contributed by atoms with Crippen LogP contribution in [-0.4, -0.2) is 15.3 Å². The molecule has 0 aromatic heterocycles. The molecule has 1 fully saturated rings. The van der Waals surface area contributed by atoms with Crippen molar-refractivity contribution in [3.8, 4) is 0 Å². The molecule has 1 atom stereocenters. The predicted molar refractivity (Wildman–Crippen MR) is 69.8 cm³/mol. The molecule has 1 saturated carbocycles. The number of benzene rings is 1. The van der Waals surface area contributed by atoms with Gasteiger partial charge in [0.15, 0.2) is 0 Å². The maximum Gasteiger partial charge on any atom is 0.231 e. The molecule has 0 amide bonds. The van der Waals surface area contributed by atoms with Crippen molar-refractivity contribution in [2.24, 2.45) is 5.41 Å². The Morgan fingerprint density at radius 2 is 1.88 bits per heavy atom. The van der Waals surface area contributed by atoms with E-state index in [0.717, 1.165) is 19.3 Å². The SMILES string of the molecule is O=S(O)NCC1(Cc2ccccc2)CCCC1. The van der Waals surface area contributed by atoms with Crippen molar-refractivity contribution < 1.29 is 8.76 Å². The third-order valence-electron chi connectivity index (χ3n) is 3.66. The van der Waals surface area contributed by atoms with Crippen LogP contribution in [-0.2, 0) is 17.7 Å². The minimum absolute atomic E-state index is 0.166. The molecule has 0 spiro atoms. The Bertz CT molecular complexity index is 374. The number of rotatable bonds is 5. The Hall–Kier alpha value is -0.710. The van der Waals surface area contributed by atoms with Gasteiger partial charge in [-0.3, -0.25) is 4.55 Å². The fourth-order valence-electron chi connectivity index (χ4n) is 2.78. The number of nitrogens with one attached hydrogen (secondary N) is 1. The summed E-state index contributed by atoms with van der Waals surface area (Å²) in [6.07, 6.45) is 5.75. The van der Waals surface area contributed by atoms with Gasteiger partial charge in [0.05, 0.1) is 0 Å². The lowest BCUT2D eigenvalue weighted by atomic mass is 9.80. The topological polar surface area (TPSA) is 49.3 Å². The van der Waals surface area contributed by atoms with Crippen molar-refractivity contribution in [2.75, 3.05) is 6.54 Å². The van der Waals surface area contributed by atoms with Gasteiger partial charge in [-0.1, -0.05) is 43.2 Å². The molecule has 94 valence electrons. The molecule has 4 heteroatoms. The summed E-state index contributed by atoms with van der Waals surface area (Å²) in [6, 6.07) is 10.4. The summed E-state index contributed by atoms with van der Waals surface area (Å²) in [5, 5.41) is 0. The van der Waals surface area contributed by atoms with Crippen molar-refractivity contribution in [3.63, 3.8) is 0 Å². The van der Waals surface area contributed by atoms with E-state index >= 15 is 0 Å². The second-order valence-corrected chi connectivity index (χ2v) is 5.73. The Morgan fingerprint density at radius 1 is 1.24 bits per heavy atom. The zero-order valence-corrected chi connectivity index (χ0v) is 10.7. The quantitative estimate of drug-likeness (QED) is 0.792. The monoisotopic (exact) mass is 253 g/mol. The van der Waals surface area contributed by atoms with E-state index < -0.39 is 11.3 Å². The minimum Gasteiger partial charge on any atom is -0.294 e. The first-order valence-electron chi connectivity index (χ1n) is 6.09. The maximum absolute atomic E-state index is 10.8. The van der Waals surface area contributed by atoms with E-state index in [-0.39, 0.29) is 5.41 Å². The van der Waals surface area contributed by atoms with Gasteiger partial charge in [-0.25, -0.2) is 8.93 Å². The molecular formula is C13H19NO2S. The summed E-state index contributed by atoms with van der Waals surface area (Å²) in [5.41, 5.74) is 1.49. The van der Waals surface area contributed by atoms with Gasteiger partial charge in [-0.05, 0) is 30.2 Å². The van der Waals surface area contributed by atoms with Gasteiger partial charge in [0.25, 0.3) is 0 Å². The summed E-state index contributed by atoms with van der Waals surface area (Å²) < 4.78 is 22.3. The van der Waals surface area contributed by atoms with Gasteiger partial charge in [0, 0.05) is 6.54 Å². The number of hydrogen-bond acceptors (Lipinski definition) is 1. The van der Waals surface area contributed by atoms with Crippen LogP contribution in [0.2, 0.25) is 0 Å². The zero-order valence-electron chi connectivity index (χ0n) is 9.89. The molecular weight excluding hydrogens is 234 g/mol. The maximum atomic E-state index is 10.8. The molecule has 1 aliphatic rings. The highest BCUT2D eigenvalue weighted by molar-refractivity contribution is 7.77. The van der Waals surface area contributed by atoms with Crippen LogP contribution in [0.25, 0.3) is 0 Å². The van der Waals surface area contributed by atoms with Crippen LogP contribution < -0.4 is 4.72 Å². The molecule has 0 radical (unpaired) electrons. The van der Waals surface area contributed by atoms with Crippen LogP contribution in [0.3, 0.4) is 0 Å². The largest absolute Gasteiger partial charge is 0.294 e. The molecule has 17 heavy (non-hydrogen) atoms. The van der Waals surface area contributed by atoms with E-state index in [4.69, 9.17) is 4.55 Å². The van der Waals surface area contributed by atoms with Gasteiger partial charge in [-0.15, -0.1) is 0 Å². The van der Waals surface area contributed by atoms with Crippen LogP contribution in [0.5, 0.6) is 0 Å². The second-order valence-electron chi connectivity index (χ2n) is 4.94. The third kappa shape index (κ3) is 3.63. The molecule has 2 rings (SSSR count). The van der Waals surface area contributed by atoms with Gasteiger partial charge >= 0.3 is 0 Å². The van der Waals surface area contributed by atoms with Crippen molar-refractivity contribution in [2.45, 2.75) is 32.1 Å². The molecule has 1 unspecified atom stereocenters. The van der Waals surface area contributed by atoms with Gasteiger partial charge in [-0.2, -0.15) is 0 Å². The van der Waals surface area contributed by atoms with Crippen molar-refractivity contribution >= 4 is 11.3 Å². The highest BCUT2D eigenvalue weighted by Gasteiger charge is 2.33. The molecule has 0 aliphatic heterocycles. The lowest BCUT2D eigenvalue weighted by Crippen LogP contribution is -2.34. The Balaban J connectivity index is 2.04. The standard InChI is InChI=1S/C13H19NO2S/c15-17(16)14-11-13(8-4-5-9-13)10-12-6-2-1-3-7-12/h1-3,6-7,14H,4-5,8-11H2,(H,15,16). The summed E-state index contributed by atoms with van der Waals surface area (Å²) in [5.74, 6) is 0. The highest BCUT2D eigenvalue weighted by atomic mass is 32.2. The van der Waals surface area contributed by atoms with Gasteiger partial charge < -0.3 is 0 Å². The molecule has 1 aromatic carbocycles. The summed E-state index contributed by atoms with van der Waals surface area (Å²) >= 11 is -1.90. The molecule has 0 heterocycles. The molecule has 1 aliphatic carbocycles. The second kappa shape index (κ2) is 5.76. The van der Waals surface area contributed by atoms with E-state index in [2.05, 4.69) is 29.0 Å². The Morgan fingerprint density at radius 3 is 2.47 bits per heavy atom. The average Bonchev–Trinajstić information content (AvgIpc) is 2.77. The first kappa shape index (κ1) is 12.7. The fourth-order valence-corrected chi connectivity index (χ4v) is 3.21. The van der Waals surface area contributed by atoms with Crippen LogP contribution in [0.4, 0.5) is 0 Å². The van der Waals surface area contributed by atoms with Crippen molar-refractivity contribution in [1.29, 1.82) is 0 Å². The van der Waals surface area contributed by atoms with Gasteiger partial charge in [0.1, 0.15) is 0 Å².